The van der Waals surface area contributed by atoms with Crippen molar-refractivity contribution in [3.05, 3.63) is 59.2 Å². The number of nitrogens with zero attached hydrogens (tertiary/aromatic N) is 1. The lowest BCUT2D eigenvalue weighted by Gasteiger charge is -2.10. The number of fused-ring (bicyclic) bond motifs is 1. The number of benzene rings is 2. The molecule has 1 aliphatic heterocycles. The topological polar surface area (TPSA) is 42.2 Å². The van der Waals surface area contributed by atoms with E-state index in [2.05, 4.69) is 6.07 Å². The molecule has 1 unspecified atom stereocenters. The van der Waals surface area contributed by atoms with Crippen molar-refractivity contribution in [2.24, 2.45) is 0 Å². The number of nitriles is 1. The average molecular weight is 265 g/mol. The van der Waals surface area contributed by atoms with Gasteiger partial charge in [0.25, 0.3) is 0 Å². The summed E-state index contributed by atoms with van der Waals surface area (Å²) in [5.74, 6) is 1.40. The van der Waals surface area contributed by atoms with E-state index in [9.17, 15) is 5.26 Å². The maximum Gasteiger partial charge on any atom is 0.231 e. The number of aryl methyl sites for hydroxylation is 1. The van der Waals surface area contributed by atoms with Crippen molar-refractivity contribution in [3.8, 4) is 17.6 Å². The second-order valence-corrected chi connectivity index (χ2v) is 4.98. The minimum Gasteiger partial charge on any atom is -0.454 e. The van der Waals surface area contributed by atoms with Crippen LogP contribution in [-0.4, -0.2) is 6.79 Å². The van der Waals surface area contributed by atoms with E-state index in [1.54, 1.807) is 0 Å². The quantitative estimate of drug-likeness (QED) is 0.852. The summed E-state index contributed by atoms with van der Waals surface area (Å²) >= 11 is 0. The summed E-state index contributed by atoms with van der Waals surface area (Å²) in [6.07, 6.45) is 0.677. The first kappa shape index (κ1) is 12.6. The SMILES string of the molecule is Cc1ccc(C(C#N)Cc2ccc3c(c2)OCO3)cc1. The molecule has 0 saturated heterocycles. The van der Waals surface area contributed by atoms with Gasteiger partial charge in [0, 0.05) is 0 Å². The van der Waals surface area contributed by atoms with Crippen LogP contribution in [0.25, 0.3) is 0 Å². The number of ether oxygens (including phenoxy) is 2. The first-order chi connectivity index (χ1) is 9.76. The molecule has 0 bridgehead atoms. The van der Waals surface area contributed by atoms with Crippen LogP contribution in [0.5, 0.6) is 11.5 Å². The van der Waals surface area contributed by atoms with E-state index in [0.717, 1.165) is 22.6 Å². The Labute approximate surface area is 118 Å². The summed E-state index contributed by atoms with van der Waals surface area (Å²) in [7, 11) is 0. The third-order valence-corrected chi connectivity index (χ3v) is 3.51. The standard InChI is InChI=1S/C17H15NO2/c1-12-2-5-14(6-3-12)15(10-18)8-13-4-7-16-17(9-13)20-11-19-16/h2-7,9,15H,8,11H2,1H3. The maximum absolute atomic E-state index is 9.40. The molecule has 0 aromatic heterocycles. The molecule has 0 spiro atoms. The Morgan fingerprint density at radius 2 is 1.85 bits per heavy atom. The third kappa shape index (κ3) is 2.46. The van der Waals surface area contributed by atoms with Crippen LogP contribution in [-0.2, 0) is 6.42 Å². The molecule has 0 fully saturated rings. The molecule has 2 aromatic rings. The fourth-order valence-corrected chi connectivity index (χ4v) is 2.34. The van der Waals surface area contributed by atoms with E-state index in [1.165, 1.54) is 5.56 Å². The Morgan fingerprint density at radius 1 is 1.10 bits per heavy atom. The van der Waals surface area contributed by atoms with Gasteiger partial charge in [-0.15, -0.1) is 0 Å². The van der Waals surface area contributed by atoms with Crippen molar-refractivity contribution in [2.75, 3.05) is 6.79 Å². The normalized spacial score (nSPS) is 13.8. The fourth-order valence-electron chi connectivity index (χ4n) is 2.34. The highest BCUT2D eigenvalue weighted by Gasteiger charge is 2.16. The predicted molar refractivity (Wildman–Crippen MR) is 75.8 cm³/mol. The van der Waals surface area contributed by atoms with Crippen molar-refractivity contribution in [1.29, 1.82) is 5.26 Å². The lowest BCUT2D eigenvalue weighted by molar-refractivity contribution is 0.174. The molecule has 20 heavy (non-hydrogen) atoms. The molecule has 3 rings (SSSR count). The molecule has 1 aliphatic rings. The van der Waals surface area contributed by atoms with Gasteiger partial charge in [-0.25, -0.2) is 0 Å². The van der Waals surface area contributed by atoms with Crippen LogP contribution in [0.2, 0.25) is 0 Å². The molecule has 1 heterocycles. The van der Waals surface area contributed by atoms with E-state index in [-0.39, 0.29) is 12.7 Å². The molecule has 0 radical (unpaired) electrons. The third-order valence-electron chi connectivity index (χ3n) is 3.51. The van der Waals surface area contributed by atoms with Crippen molar-refractivity contribution >= 4 is 0 Å². The number of hydrogen-bond donors (Lipinski definition) is 0. The molecule has 3 nitrogen and oxygen atoms in total. The van der Waals surface area contributed by atoms with E-state index in [1.807, 2.05) is 49.4 Å². The summed E-state index contributed by atoms with van der Waals surface area (Å²) in [5.41, 5.74) is 3.34. The van der Waals surface area contributed by atoms with Gasteiger partial charge in [-0.1, -0.05) is 35.9 Å². The molecule has 1 atom stereocenters. The fraction of sp³-hybridized carbons (Fsp3) is 0.235. The molecule has 0 amide bonds. The van der Waals surface area contributed by atoms with Gasteiger partial charge in [-0.05, 0) is 36.6 Å². The summed E-state index contributed by atoms with van der Waals surface area (Å²) < 4.78 is 10.7. The lowest BCUT2D eigenvalue weighted by Crippen LogP contribution is -2.00. The van der Waals surface area contributed by atoms with Gasteiger partial charge in [0.2, 0.25) is 6.79 Å². The second kappa shape index (κ2) is 5.26. The van der Waals surface area contributed by atoms with Gasteiger partial charge in [0.15, 0.2) is 11.5 Å². The zero-order chi connectivity index (χ0) is 13.9. The van der Waals surface area contributed by atoms with Crippen molar-refractivity contribution in [1.82, 2.24) is 0 Å². The van der Waals surface area contributed by atoms with Gasteiger partial charge >= 0.3 is 0 Å². The maximum atomic E-state index is 9.40. The minimum absolute atomic E-state index is 0.143. The average Bonchev–Trinajstić information content (AvgIpc) is 2.93. The number of rotatable bonds is 3. The summed E-state index contributed by atoms with van der Waals surface area (Å²) in [5, 5.41) is 9.40. The molecular formula is C17H15NO2. The number of hydrogen-bond acceptors (Lipinski definition) is 3. The summed E-state index contributed by atoms with van der Waals surface area (Å²) in [6.45, 7) is 2.32. The summed E-state index contributed by atoms with van der Waals surface area (Å²) in [4.78, 5) is 0. The predicted octanol–water partition coefficient (Wildman–Crippen LogP) is 3.57. The first-order valence-corrected chi connectivity index (χ1v) is 6.61. The molecule has 0 saturated carbocycles. The Morgan fingerprint density at radius 3 is 2.60 bits per heavy atom. The summed E-state index contributed by atoms with van der Waals surface area (Å²) in [6, 6.07) is 16.4. The Hall–Kier alpha value is -2.47. The molecule has 3 heteroatoms. The van der Waals surface area contributed by atoms with Crippen molar-refractivity contribution in [2.45, 2.75) is 19.3 Å². The largest absolute Gasteiger partial charge is 0.454 e. The van der Waals surface area contributed by atoms with Crippen LogP contribution < -0.4 is 9.47 Å². The Kier molecular flexibility index (Phi) is 3.30. The van der Waals surface area contributed by atoms with Crippen LogP contribution in [0, 0.1) is 18.3 Å². The highest BCUT2D eigenvalue weighted by molar-refractivity contribution is 5.45. The molecule has 0 aliphatic carbocycles. The lowest BCUT2D eigenvalue weighted by atomic mass is 9.92. The molecule has 100 valence electrons. The highest BCUT2D eigenvalue weighted by Crippen LogP contribution is 2.33. The van der Waals surface area contributed by atoms with Crippen LogP contribution in [0.1, 0.15) is 22.6 Å². The monoisotopic (exact) mass is 265 g/mol. The van der Waals surface area contributed by atoms with Gasteiger partial charge in [-0.3, -0.25) is 0 Å². The zero-order valence-electron chi connectivity index (χ0n) is 11.3. The second-order valence-electron chi connectivity index (χ2n) is 4.98. The van der Waals surface area contributed by atoms with Crippen LogP contribution in [0.15, 0.2) is 42.5 Å². The van der Waals surface area contributed by atoms with Gasteiger partial charge in [-0.2, -0.15) is 5.26 Å². The minimum atomic E-state index is -0.143. The van der Waals surface area contributed by atoms with Crippen molar-refractivity contribution in [3.63, 3.8) is 0 Å². The zero-order valence-corrected chi connectivity index (χ0v) is 11.3. The van der Waals surface area contributed by atoms with Crippen LogP contribution in [0.3, 0.4) is 0 Å². The van der Waals surface area contributed by atoms with Crippen molar-refractivity contribution < 1.29 is 9.47 Å². The van der Waals surface area contributed by atoms with Gasteiger partial charge in [0.1, 0.15) is 0 Å². The Bertz CT molecular complexity index is 656. The highest BCUT2D eigenvalue weighted by atomic mass is 16.7. The van der Waals surface area contributed by atoms with E-state index < -0.39 is 0 Å². The molecule has 0 N–H and O–H groups in total. The van der Waals surface area contributed by atoms with E-state index in [4.69, 9.17) is 9.47 Å². The smallest absolute Gasteiger partial charge is 0.231 e. The van der Waals surface area contributed by atoms with Crippen LogP contribution in [0.4, 0.5) is 0 Å². The van der Waals surface area contributed by atoms with Crippen LogP contribution >= 0.6 is 0 Å². The first-order valence-electron chi connectivity index (χ1n) is 6.61. The molecular weight excluding hydrogens is 250 g/mol. The van der Waals surface area contributed by atoms with Gasteiger partial charge in [0.05, 0.1) is 12.0 Å². The Balaban J connectivity index is 1.81. The van der Waals surface area contributed by atoms with E-state index in [0.29, 0.717) is 6.42 Å². The molecule has 2 aromatic carbocycles. The van der Waals surface area contributed by atoms with E-state index >= 15 is 0 Å². The van der Waals surface area contributed by atoms with Gasteiger partial charge < -0.3 is 9.47 Å².